The first-order valence-electron chi connectivity index (χ1n) is 16.1. The lowest BCUT2D eigenvalue weighted by Gasteiger charge is -2.34. The second-order valence-electron chi connectivity index (χ2n) is 12.2. The minimum Gasteiger partial charge on any atom is -0.488 e. The van der Waals surface area contributed by atoms with Crippen molar-refractivity contribution in [3.8, 4) is 17.4 Å². The minimum atomic E-state index is -4.50. The van der Waals surface area contributed by atoms with Gasteiger partial charge in [0.2, 0.25) is 5.88 Å². The predicted octanol–water partition coefficient (Wildman–Crippen LogP) is 7.97. The SMILES string of the molecule is Cc1cc(C(F)(F)F)ccc1C(=O)Nc1ccc(Oc2ccc3cc(C(=O)N4CCN(Cc5ccc(OCC(F)F)cc5)CC4)n(C)c3c2)nc1.Cl. The fraction of sp³-hybridized carbons (Fsp3) is 0.270. The second-order valence-corrected chi connectivity index (χ2v) is 12.2. The zero-order chi connectivity index (χ0) is 36.3. The molecule has 0 saturated carbocycles. The fourth-order valence-corrected chi connectivity index (χ4v) is 5.89. The number of piperazine rings is 1. The molecule has 2 amide bonds. The molecule has 6 rings (SSSR count). The molecule has 2 aromatic heterocycles. The van der Waals surface area contributed by atoms with E-state index in [9.17, 15) is 31.5 Å². The molecular weight excluding hydrogens is 709 g/mol. The average Bonchev–Trinajstić information content (AvgIpc) is 3.43. The van der Waals surface area contributed by atoms with Gasteiger partial charge in [0.15, 0.2) is 0 Å². The average molecular weight is 744 g/mol. The van der Waals surface area contributed by atoms with E-state index in [0.717, 1.165) is 34.7 Å². The van der Waals surface area contributed by atoms with Crippen molar-refractivity contribution in [1.82, 2.24) is 19.4 Å². The number of pyridine rings is 1. The van der Waals surface area contributed by atoms with Crippen molar-refractivity contribution < 1.29 is 41.0 Å². The van der Waals surface area contributed by atoms with Crippen LogP contribution in [-0.2, 0) is 19.8 Å². The number of ether oxygens (including phenoxy) is 2. The number of alkyl halides is 5. The maximum atomic E-state index is 13.6. The maximum Gasteiger partial charge on any atom is 0.416 e. The quantitative estimate of drug-likeness (QED) is 0.146. The molecule has 1 saturated heterocycles. The third kappa shape index (κ3) is 8.98. The smallest absolute Gasteiger partial charge is 0.416 e. The number of carbonyl (C=O) groups excluding carboxylic acids is 2. The fourth-order valence-electron chi connectivity index (χ4n) is 5.89. The van der Waals surface area contributed by atoms with Gasteiger partial charge in [-0.25, -0.2) is 13.8 Å². The highest BCUT2D eigenvalue weighted by Gasteiger charge is 2.31. The van der Waals surface area contributed by atoms with E-state index in [4.69, 9.17) is 9.47 Å². The summed E-state index contributed by atoms with van der Waals surface area (Å²) < 4.78 is 76.5. The molecule has 5 aromatic rings. The number of fused-ring (bicyclic) bond motifs is 1. The van der Waals surface area contributed by atoms with Crippen LogP contribution in [0, 0.1) is 6.92 Å². The number of hydrogen-bond donors (Lipinski definition) is 1. The number of aryl methyl sites for hydroxylation is 2. The molecule has 1 N–H and O–H groups in total. The molecule has 1 fully saturated rings. The zero-order valence-electron chi connectivity index (χ0n) is 28.1. The van der Waals surface area contributed by atoms with Crippen molar-refractivity contribution in [3.63, 3.8) is 0 Å². The van der Waals surface area contributed by atoms with E-state index < -0.39 is 30.7 Å². The van der Waals surface area contributed by atoms with Crippen molar-refractivity contribution in [2.45, 2.75) is 26.1 Å². The number of carbonyl (C=O) groups is 2. The maximum absolute atomic E-state index is 13.6. The molecule has 0 unspecified atom stereocenters. The number of nitrogens with zero attached hydrogens (tertiary/aromatic N) is 4. The van der Waals surface area contributed by atoms with Crippen LogP contribution in [0.15, 0.2) is 85.1 Å². The molecule has 0 atom stereocenters. The summed E-state index contributed by atoms with van der Waals surface area (Å²) in [6.45, 7) is 3.94. The summed E-state index contributed by atoms with van der Waals surface area (Å²) in [5, 5.41) is 3.50. The molecule has 15 heteroatoms. The molecule has 0 aliphatic carbocycles. The number of nitrogens with one attached hydrogen (secondary N) is 1. The Balaban J connectivity index is 0.00000523. The second kappa shape index (κ2) is 16.0. The highest BCUT2D eigenvalue weighted by molar-refractivity contribution is 6.05. The number of amides is 2. The third-order valence-corrected chi connectivity index (χ3v) is 8.62. The highest BCUT2D eigenvalue weighted by Crippen LogP contribution is 2.31. The zero-order valence-corrected chi connectivity index (χ0v) is 28.9. The summed E-state index contributed by atoms with van der Waals surface area (Å²) in [5.41, 5.74) is 2.16. The Hall–Kier alpha value is -5.21. The van der Waals surface area contributed by atoms with E-state index >= 15 is 0 Å². The number of rotatable bonds is 10. The molecule has 0 bridgehead atoms. The Morgan fingerprint density at radius 3 is 2.25 bits per heavy atom. The lowest BCUT2D eigenvalue weighted by molar-refractivity contribution is -0.137. The van der Waals surface area contributed by atoms with E-state index in [1.807, 2.05) is 40.8 Å². The van der Waals surface area contributed by atoms with Gasteiger partial charge in [0.1, 0.15) is 23.8 Å². The summed E-state index contributed by atoms with van der Waals surface area (Å²) >= 11 is 0. The van der Waals surface area contributed by atoms with Crippen LogP contribution in [0.1, 0.15) is 37.5 Å². The van der Waals surface area contributed by atoms with Crippen molar-refractivity contribution >= 4 is 40.8 Å². The van der Waals surface area contributed by atoms with Gasteiger partial charge < -0.3 is 24.3 Å². The molecule has 3 aromatic carbocycles. The summed E-state index contributed by atoms with van der Waals surface area (Å²) in [7, 11) is 1.82. The molecule has 9 nitrogen and oxygen atoms in total. The third-order valence-electron chi connectivity index (χ3n) is 8.62. The van der Waals surface area contributed by atoms with Crippen molar-refractivity contribution in [2.24, 2.45) is 7.05 Å². The first-order chi connectivity index (χ1) is 24.3. The van der Waals surface area contributed by atoms with Gasteiger partial charge in [0, 0.05) is 62.9 Å². The van der Waals surface area contributed by atoms with Crippen LogP contribution in [0.2, 0.25) is 0 Å². The van der Waals surface area contributed by atoms with Crippen LogP contribution in [0.3, 0.4) is 0 Å². The Kier molecular flexibility index (Phi) is 11.7. The van der Waals surface area contributed by atoms with Crippen molar-refractivity contribution in [1.29, 1.82) is 0 Å². The van der Waals surface area contributed by atoms with Crippen LogP contribution in [0.25, 0.3) is 10.9 Å². The largest absolute Gasteiger partial charge is 0.488 e. The first kappa shape index (κ1) is 38.0. The lowest BCUT2D eigenvalue weighted by atomic mass is 10.0. The van der Waals surface area contributed by atoms with Crippen LogP contribution >= 0.6 is 12.4 Å². The summed E-state index contributed by atoms with van der Waals surface area (Å²) in [4.78, 5) is 34.6. The first-order valence-corrected chi connectivity index (χ1v) is 16.1. The van der Waals surface area contributed by atoms with Gasteiger partial charge in [-0.1, -0.05) is 12.1 Å². The Labute approximate surface area is 302 Å². The molecule has 274 valence electrons. The number of aromatic nitrogens is 2. The van der Waals surface area contributed by atoms with Crippen LogP contribution in [0.5, 0.6) is 17.4 Å². The molecule has 1 aliphatic heterocycles. The van der Waals surface area contributed by atoms with Crippen molar-refractivity contribution in [3.05, 3.63) is 113 Å². The van der Waals surface area contributed by atoms with E-state index in [2.05, 4.69) is 15.2 Å². The van der Waals surface area contributed by atoms with Crippen LogP contribution < -0.4 is 14.8 Å². The Bertz CT molecular complexity index is 2030. The topological polar surface area (TPSA) is 88.9 Å². The van der Waals surface area contributed by atoms with Gasteiger partial charge in [0.05, 0.1) is 23.0 Å². The number of hydrogen-bond acceptors (Lipinski definition) is 6. The standard InChI is InChI=1S/C37H34F5N5O4.ClH/c1-23-17-26(37(40,41)42)6-11-30(23)35(48)44-27-7-12-34(43-20-27)51-29-10-5-25-18-32(45(2)31(25)19-29)36(49)47-15-13-46(14-16-47)21-24-3-8-28(9-4-24)50-22-33(38)39;/h3-12,17-20,33H,13-16,21-22H2,1-2H3,(H,44,48);1H. The van der Waals surface area contributed by atoms with Gasteiger partial charge in [0.25, 0.3) is 18.2 Å². The molecule has 0 radical (unpaired) electrons. The Morgan fingerprint density at radius 2 is 1.62 bits per heavy atom. The highest BCUT2D eigenvalue weighted by atomic mass is 35.5. The predicted molar refractivity (Wildman–Crippen MR) is 188 cm³/mol. The molecule has 0 spiro atoms. The van der Waals surface area contributed by atoms with E-state index in [0.29, 0.717) is 55.6 Å². The van der Waals surface area contributed by atoms with Gasteiger partial charge in [-0.3, -0.25) is 14.5 Å². The Morgan fingerprint density at radius 1 is 0.904 bits per heavy atom. The number of halogens is 6. The molecular formula is C37H35ClF5N5O4. The van der Waals surface area contributed by atoms with Gasteiger partial charge in [-0.2, -0.15) is 13.2 Å². The van der Waals surface area contributed by atoms with E-state index in [1.54, 1.807) is 36.4 Å². The molecule has 52 heavy (non-hydrogen) atoms. The summed E-state index contributed by atoms with van der Waals surface area (Å²) in [5.74, 6) is 0.479. The van der Waals surface area contributed by atoms with Crippen LogP contribution in [-0.4, -0.2) is 70.4 Å². The van der Waals surface area contributed by atoms with Crippen LogP contribution in [0.4, 0.5) is 27.6 Å². The lowest BCUT2D eigenvalue weighted by Crippen LogP contribution is -2.48. The molecule has 1 aliphatic rings. The van der Waals surface area contributed by atoms with Gasteiger partial charge in [-0.15, -0.1) is 12.4 Å². The van der Waals surface area contributed by atoms with Crippen molar-refractivity contribution in [2.75, 3.05) is 38.1 Å². The number of anilines is 1. The normalized spacial score (nSPS) is 13.6. The van der Waals surface area contributed by atoms with Gasteiger partial charge >= 0.3 is 6.18 Å². The summed E-state index contributed by atoms with van der Waals surface area (Å²) in [6.07, 6.45) is -5.64. The van der Waals surface area contributed by atoms with E-state index in [1.165, 1.54) is 13.1 Å². The van der Waals surface area contributed by atoms with Gasteiger partial charge in [-0.05, 0) is 72.6 Å². The minimum absolute atomic E-state index is 0. The summed E-state index contributed by atoms with van der Waals surface area (Å²) in [6, 6.07) is 20.4. The molecule has 3 heterocycles. The van der Waals surface area contributed by atoms with E-state index in [-0.39, 0.29) is 35.3 Å². The monoisotopic (exact) mass is 743 g/mol. The number of benzene rings is 3.